The summed E-state index contributed by atoms with van der Waals surface area (Å²) < 4.78 is 0. The molecule has 5 N–H and O–H groups in total. The number of anilines is 2. The van der Waals surface area contributed by atoms with Crippen LogP contribution in [-0.4, -0.2) is 28.5 Å². The number of amides is 1. The third-order valence-corrected chi connectivity index (χ3v) is 3.56. The van der Waals surface area contributed by atoms with E-state index >= 15 is 0 Å². The van der Waals surface area contributed by atoms with Gasteiger partial charge in [-0.05, 0) is 19.8 Å². The number of primary amides is 1. The van der Waals surface area contributed by atoms with Gasteiger partial charge in [0.15, 0.2) is 0 Å². The molecule has 0 spiro atoms. The lowest BCUT2D eigenvalue weighted by Gasteiger charge is -2.30. The fourth-order valence-electron chi connectivity index (χ4n) is 2.64. The number of nitrogen functional groups attached to an aromatic ring is 1. The second-order valence-electron chi connectivity index (χ2n) is 4.85. The third-order valence-electron chi connectivity index (χ3n) is 3.56. The first-order valence-electron chi connectivity index (χ1n) is 6.46. The first-order chi connectivity index (χ1) is 9.13. The number of nitrogens with one attached hydrogen (secondary N) is 1. The van der Waals surface area contributed by atoms with E-state index in [1.165, 1.54) is 19.2 Å². The van der Waals surface area contributed by atoms with Crippen LogP contribution in [0.25, 0.3) is 0 Å². The fraction of sp³-hybridized carbons (Fsp3) is 0.583. The molecule has 1 aliphatic carbocycles. The summed E-state index contributed by atoms with van der Waals surface area (Å²) in [5, 5.41) is 0. The Morgan fingerprint density at radius 3 is 2.74 bits per heavy atom. The maximum atomic E-state index is 11.3. The number of aromatic nitrogens is 2. The quantitative estimate of drug-likeness (QED) is 0.521. The van der Waals surface area contributed by atoms with Crippen molar-refractivity contribution in [2.45, 2.75) is 38.6 Å². The number of rotatable bonds is 5. The van der Waals surface area contributed by atoms with Crippen LogP contribution in [0.4, 0.5) is 11.6 Å². The van der Waals surface area contributed by atoms with Crippen LogP contribution in [0.3, 0.4) is 0 Å². The van der Waals surface area contributed by atoms with Gasteiger partial charge in [-0.1, -0.05) is 12.8 Å². The second-order valence-corrected chi connectivity index (χ2v) is 4.85. The molecule has 0 saturated heterocycles. The van der Waals surface area contributed by atoms with Crippen LogP contribution in [0, 0.1) is 6.92 Å². The van der Waals surface area contributed by atoms with Crippen LogP contribution in [-0.2, 0) is 4.79 Å². The van der Waals surface area contributed by atoms with Gasteiger partial charge in [-0.2, -0.15) is 0 Å². The molecule has 1 amide bonds. The Morgan fingerprint density at radius 1 is 1.47 bits per heavy atom. The molecular weight excluding hydrogens is 244 g/mol. The average Bonchev–Trinajstić information content (AvgIpc) is 2.90. The maximum Gasteiger partial charge on any atom is 0.237 e. The van der Waals surface area contributed by atoms with Crippen LogP contribution in [0.1, 0.15) is 31.2 Å². The molecule has 1 fully saturated rings. The molecule has 104 valence electrons. The predicted molar refractivity (Wildman–Crippen MR) is 73.4 cm³/mol. The molecular formula is C12H20N6O. The lowest BCUT2D eigenvalue weighted by atomic mass is 10.2. The molecule has 0 bridgehead atoms. The number of carbonyl (C=O) groups excluding carboxylic acids is 1. The minimum Gasteiger partial charge on any atom is -0.368 e. The first kappa shape index (κ1) is 13.5. The van der Waals surface area contributed by atoms with E-state index in [1.807, 2.05) is 11.8 Å². The lowest BCUT2D eigenvalue weighted by Crippen LogP contribution is -2.41. The standard InChI is InChI=1S/C12H20N6O/c1-8-11(17-14)15-7-16-12(8)18(6-10(13)19)9-4-2-3-5-9/h7,9H,2-6,14H2,1H3,(H2,13,19)(H,15,16,17). The first-order valence-corrected chi connectivity index (χ1v) is 6.46. The molecule has 1 aliphatic rings. The smallest absolute Gasteiger partial charge is 0.237 e. The van der Waals surface area contributed by atoms with E-state index in [2.05, 4.69) is 15.4 Å². The summed E-state index contributed by atoms with van der Waals surface area (Å²) in [6, 6.07) is 0.312. The largest absolute Gasteiger partial charge is 0.368 e. The van der Waals surface area contributed by atoms with Crippen LogP contribution in [0.5, 0.6) is 0 Å². The molecule has 19 heavy (non-hydrogen) atoms. The number of nitrogens with two attached hydrogens (primary N) is 2. The zero-order chi connectivity index (χ0) is 13.8. The molecule has 0 radical (unpaired) electrons. The average molecular weight is 264 g/mol. The van der Waals surface area contributed by atoms with Crippen LogP contribution in [0.15, 0.2) is 6.33 Å². The SMILES string of the molecule is Cc1c(NN)ncnc1N(CC(N)=O)C1CCCC1. The van der Waals surface area contributed by atoms with Crippen LogP contribution < -0.4 is 21.9 Å². The Labute approximate surface area is 112 Å². The van der Waals surface area contributed by atoms with Gasteiger partial charge < -0.3 is 16.1 Å². The van der Waals surface area contributed by atoms with E-state index < -0.39 is 0 Å². The normalized spacial score (nSPS) is 15.5. The zero-order valence-corrected chi connectivity index (χ0v) is 11.1. The molecule has 0 unspecified atom stereocenters. The van der Waals surface area contributed by atoms with Crippen molar-refractivity contribution < 1.29 is 4.79 Å². The highest BCUT2D eigenvalue weighted by atomic mass is 16.1. The van der Waals surface area contributed by atoms with Crippen molar-refractivity contribution in [1.82, 2.24) is 9.97 Å². The van der Waals surface area contributed by atoms with Gasteiger partial charge in [-0.25, -0.2) is 15.8 Å². The number of carbonyl (C=O) groups is 1. The maximum absolute atomic E-state index is 11.3. The van der Waals surface area contributed by atoms with Crippen molar-refractivity contribution in [2.24, 2.45) is 11.6 Å². The Hall–Kier alpha value is -1.89. The third kappa shape index (κ3) is 2.93. The topological polar surface area (TPSA) is 110 Å². The highest BCUT2D eigenvalue weighted by Crippen LogP contribution is 2.30. The van der Waals surface area contributed by atoms with Crippen molar-refractivity contribution >= 4 is 17.5 Å². The van der Waals surface area contributed by atoms with Crippen molar-refractivity contribution in [3.05, 3.63) is 11.9 Å². The zero-order valence-electron chi connectivity index (χ0n) is 11.1. The molecule has 0 aliphatic heterocycles. The van der Waals surface area contributed by atoms with Crippen LogP contribution in [0.2, 0.25) is 0 Å². The summed E-state index contributed by atoms with van der Waals surface area (Å²) in [7, 11) is 0. The number of hydrogen-bond acceptors (Lipinski definition) is 6. The van der Waals surface area contributed by atoms with Crippen molar-refractivity contribution in [3.63, 3.8) is 0 Å². The van der Waals surface area contributed by atoms with E-state index in [0.717, 1.165) is 24.2 Å². The predicted octanol–water partition coefficient (Wildman–Crippen LogP) is 0.305. The molecule has 1 aromatic rings. The Balaban J connectivity index is 2.34. The summed E-state index contributed by atoms with van der Waals surface area (Å²) >= 11 is 0. The molecule has 1 saturated carbocycles. The highest BCUT2D eigenvalue weighted by molar-refractivity contribution is 5.80. The molecule has 1 heterocycles. The van der Waals surface area contributed by atoms with Crippen molar-refractivity contribution in [2.75, 3.05) is 16.9 Å². The van der Waals surface area contributed by atoms with Gasteiger partial charge in [-0.15, -0.1) is 0 Å². The summed E-state index contributed by atoms with van der Waals surface area (Å²) in [6.45, 7) is 2.06. The molecule has 0 aromatic carbocycles. The van der Waals surface area contributed by atoms with Gasteiger partial charge in [0.05, 0.1) is 6.54 Å². The number of hydrogen-bond donors (Lipinski definition) is 3. The molecule has 1 aromatic heterocycles. The van der Waals surface area contributed by atoms with Gasteiger partial charge in [0.1, 0.15) is 18.0 Å². The van der Waals surface area contributed by atoms with Gasteiger partial charge in [0.25, 0.3) is 0 Å². The number of nitrogens with zero attached hydrogens (tertiary/aromatic N) is 3. The van der Waals surface area contributed by atoms with E-state index in [4.69, 9.17) is 11.6 Å². The van der Waals surface area contributed by atoms with E-state index in [-0.39, 0.29) is 12.5 Å². The van der Waals surface area contributed by atoms with Crippen LogP contribution >= 0.6 is 0 Å². The van der Waals surface area contributed by atoms with E-state index in [0.29, 0.717) is 11.9 Å². The molecule has 7 heteroatoms. The van der Waals surface area contributed by atoms with E-state index in [9.17, 15) is 4.79 Å². The Bertz CT molecular complexity index is 458. The number of hydrazine groups is 1. The van der Waals surface area contributed by atoms with Gasteiger partial charge in [0, 0.05) is 11.6 Å². The Morgan fingerprint density at radius 2 is 2.16 bits per heavy atom. The lowest BCUT2D eigenvalue weighted by molar-refractivity contribution is -0.116. The molecule has 2 rings (SSSR count). The summed E-state index contributed by atoms with van der Waals surface area (Å²) in [5.41, 5.74) is 8.73. The monoisotopic (exact) mass is 264 g/mol. The summed E-state index contributed by atoms with van der Waals surface area (Å²) in [6.07, 6.45) is 5.91. The minimum absolute atomic E-state index is 0.173. The summed E-state index contributed by atoms with van der Waals surface area (Å²) in [5.74, 6) is 6.37. The molecule has 0 atom stereocenters. The molecule has 7 nitrogen and oxygen atoms in total. The fourth-order valence-corrected chi connectivity index (χ4v) is 2.64. The second kappa shape index (κ2) is 5.83. The Kier molecular flexibility index (Phi) is 4.16. The minimum atomic E-state index is -0.354. The van der Waals surface area contributed by atoms with E-state index in [1.54, 1.807) is 0 Å². The highest BCUT2D eigenvalue weighted by Gasteiger charge is 2.26. The van der Waals surface area contributed by atoms with Gasteiger partial charge in [-0.3, -0.25) is 4.79 Å². The summed E-state index contributed by atoms with van der Waals surface area (Å²) in [4.78, 5) is 21.6. The van der Waals surface area contributed by atoms with Gasteiger partial charge >= 0.3 is 0 Å². The van der Waals surface area contributed by atoms with Crippen molar-refractivity contribution in [3.8, 4) is 0 Å². The van der Waals surface area contributed by atoms with Gasteiger partial charge in [0.2, 0.25) is 5.91 Å². The van der Waals surface area contributed by atoms with Crippen molar-refractivity contribution in [1.29, 1.82) is 0 Å².